The summed E-state index contributed by atoms with van der Waals surface area (Å²) < 4.78 is 42.6. The lowest BCUT2D eigenvalue weighted by Crippen LogP contribution is -2.68. The van der Waals surface area contributed by atoms with Crippen molar-refractivity contribution < 1.29 is 18.0 Å². The monoisotopic (exact) mass is 575 g/mol. The first-order valence-electron chi connectivity index (χ1n) is 14.0. The van der Waals surface area contributed by atoms with E-state index in [0.29, 0.717) is 29.3 Å². The highest BCUT2D eigenvalue weighted by Gasteiger charge is 2.57. The molecule has 0 bridgehead atoms. The van der Waals surface area contributed by atoms with Gasteiger partial charge in [-0.3, -0.25) is 15.1 Å². The lowest BCUT2D eigenvalue weighted by molar-refractivity contribution is -0.0721. The molecule has 2 aliphatic heterocycles. The van der Waals surface area contributed by atoms with Gasteiger partial charge in [-0.25, -0.2) is 18.0 Å². The maximum atomic E-state index is 14.3. The molecule has 0 unspecified atom stereocenters. The van der Waals surface area contributed by atoms with E-state index in [1.54, 1.807) is 24.3 Å². The molecule has 1 spiro atoms. The van der Waals surface area contributed by atoms with E-state index < -0.39 is 29.7 Å². The molecule has 1 saturated carbocycles. The van der Waals surface area contributed by atoms with E-state index in [4.69, 9.17) is 5.10 Å². The van der Waals surface area contributed by atoms with E-state index in [2.05, 4.69) is 37.2 Å². The summed E-state index contributed by atoms with van der Waals surface area (Å²) in [5.74, 6) is -2.20. The van der Waals surface area contributed by atoms with Crippen molar-refractivity contribution >= 4 is 17.6 Å². The molecule has 2 aromatic heterocycles. The molecule has 4 heterocycles. The third-order valence-corrected chi connectivity index (χ3v) is 8.46. The average Bonchev–Trinajstić information content (AvgIpc) is 3.49. The fraction of sp³-hybridized carbons (Fsp3) is 0.643. The molecule has 0 aromatic carbocycles. The van der Waals surface area contributed by atoms with Gasteiger partial charge in [0.05, 0.1) is 36.2 Å². The number of hydrogen-bond acceptors (Lipinski definition) is 6. The van der Waals surface area contributed by atoms with Crippen molar-refractivity contribution in [2.24, 2.45) is 5.10 Å². The largest absolute Gasteiger partial charge is 0.351 e. The number of pyridine rings is 1. The lowest BCUT2D eigenvalue weighted by atomic mass is 9.90. The molecular weight excluding hydrogens is 535 g/mol. The topological polar surface area (TPSA) is 96.0 Å². The van der Waals surface area contributed by atoms with Gasteiger partial charge in [0.25, 0.3) is 5.92 Å². The molecule has 224 valence electrons. The van der Waals surface area contributed by atoms with Crippen LogP contribution in [0.25, 0.3) is 11.4 Å². The summed E-state index contributed by atoms with van der Waals surface area (Å²) in [7, 11) is 5.84. The zero-order valence-electron chi connectivity index (χ0n) is 24.6. The highest BCUT2D eigenvalue weighted by atomic mass is 19.3. The highest BCUT2D eigenvalue weighted by molar-refractivity contribution is 5.99. The number of aromatic amines is 1. The number of likely N-dealkylation sites (tertiary alicyclic amines) is 2. The molecule has 0 atom stereocenters. The van der Waals surface area contributed by atoms with E-state index in [1.807, 2.05) is 20.2 Å². The van der Waals surface area contributed by atoms with Crippen LogP contribution in [0.15, 0.2) is 29.6 Å². The number of carbonyl (C=O) groups is 1. The Kier molecular flexibility index (Phi) is 7.24. The van der Waals surface area contributed by atoms with E-state index in [0.717, 1.165) is 31.5 Å². The van der Waals surface area contributed by atoms with Crippen molar-refractivity contribution in [3.05, 3.63) is 30.1 Å². The van der Waals surface area contributed by atoms with Crippen LogP contribution in [0.1, 0.15) is 52.0 Å². The van der Waals surface area contributed by atoms with Gasteiger partial charge in [-0.15, -0.1) is 0 Å². The number of aromatic nitrogens is 3. The minimum absolute atomic E-state index is 0.00748. The van der Waals surface area contributed by atoms with Crippen LogP contribution >= 0.6 is 0 Å². The van der Waals surface area contributed by atoms with Crippen LogP contribution in [-0.4, -0.2) is 117 Å². The summed E-state index contributed by atoms with van der Waals surface area (Å²) in [4.78, 5) is 23.3. The molecular formula is C28H40F3N9O. The van der Waals surface area contributed by atoms with E-state index in [1.165, 1.54) is 24.9 Å². The maximum Gasteiger partial charge on any atom is 0.322 e. The van der Waals surface area contributed by atoms with Gasteiger partial charge < -0.3 is 20.0 Å². The highest BCUT2D eigenvalue weighted by Crippen LogP contribution is 2.51. The van der Waals surface area contributed by atoms with E-state index in [9.17, 15) is 18.0 Å². The number of carbonyl (C=O) groups excluding carboxylic acids is 1. The molecule has 5 rings (SSSR count). The smallest absolute Gasteiger partial charge is 0.322 e. The molecule has 2 amide bonds. The molecule has 1 aliphatic carbocycles. The van der Waals surface area contributed by atoms with E-state index >= 15 is 0 Å². The molecule has 0 radical (unpaired) electrons. The number of halogens is 3. The molecule has 2 N–H and O–H groups in total. The number of likely N-dealkylation sites (N-methyl/N-ethyl adjacent to an activating group) is 1. The quantitative estimate of drug-likeness (QED) is 0.291. The first kappa shape index (κ1) is 29.2. The van der Waals surface area contributed by atoms with Crippen molar-refractivity contribution in [3.8, 4) is 11.4 Å². The molecule has 41 heavy (non-hydrogen) atoms. The Hall–Kier alpha value is -3.35. The summed E-state index contributed by atoms with van der Waals surface area (Å²) in [6.45, 7) is 6.26. The van der Waals surface area contributed by atoms with Crippen molar-refractivity contribution in [1.29, 1.82) is 0 Å². The van der Waals surface area contributed by atoms with E-state index in [-0.39, 0.29) is 18.5 Å². The molecule has 2 saturated heterocycles. The summed E-state index contributed by atoms with van der Waals surface area (Å²) >= 11 is 0. The Bertz CT molecular complexity index is 1290. The van der Waals surface area contributed by atoms with Gasteiger partial charge in [0.15, 0.2) is 5.84 Å². The number of nitrogens with one attached hydrogen (secondary N) is 2. The third kappa shape index (κ3) is 6.14. The van der Waals surface area contributed by atoms with Crippen LogP contribution in [0.4, 0.5) is 23.7 Å². The van der Waals surface area contributed by atoms with Crippen LogP contribution in [0, 0.1) is 0 Å². The third-order valence-electron chi connectivity index (χ3n) is 8.46. The molecule has 2 aromatic rings. The number of amides is 2. The number of amidine groups is 1. The first-order valence-corrected chi connectivity index (χ1v) is 14.0. The minimum Gasteiger partial charge on any atom is -0.351 e. The number of nitrogens with zero attached hydrogens (tertiary/aromatic N) is 7. The number of piperidine rings is 1. The molecule has 13 heteroatoms. The van der Waals surface area contributed by atoms with Gasteiger partial charge in [-0.1, -0.05) is 0 Å². The predicted octanol–water partition coefficient (Wildman–Crippen LogP) is 4.24. The SMILES string of the molecule is CN(CC(C)(C)F)/N=C(\c1ccc(-c2[nH]ncc2NC(=O)N2CC(F)(F)CCC23CC3)nc1)N1CC(C)(N(C)C)C1. The minimum atomic E-state index is -2.89. The normalized spacial score (nSPS) is 21.2. The fourth-order valence-corrected chi connectivity index (χ4v) is 5.67. The van der Waals surface area contributed by atoms with Crippen LogP contribution < -0.4 is 5.32 Å². The summed E-state index contributed by atoms with van der Waals surface area (Å²) in [6.07, 6.45) is 4.73. The Labute approximate surface area is 238 Å². The molecule has 10 nitrogen and oxygen atoms in total. The van der Waals surface area contributed by atoms with Crippen molar-refractivity contribution in [2.75, 3.05) is 52.6 Å². The Morgan fingerprint density at radius 1 is 1.12 bits per heavy atom. The van der Waals surface area contributed by atoms with Gasteiger partial charge in [-0.2, -0.15) is 10.2 Å². The van der Waals surface area contributed by atoms with Gasteiger partial charge >= 0.3 is 6.03 Å². The van der Waals surface area contributed by atoms with Crippen LogP contribution in [0.2, 0.25) is 0 Å². The van der Waals surface area contributed by atoms with Crippen LogP contribution in [0.5, 0.6) is 0 Å². The van der Waals surface area contributed by atoms with Gasteiger partial charge in [0, 0.05) is 43.9 Å². The first-order chi connectivity index (χ1) is 19.1. The van der Waals surface area contributed by atoms with Gasteiger partial charge in [0.2, 0.25) is 0 Å². The molecule has 3 aliphatic rings. The number of alkyl halides is 3. The zero-order chi connectivity index (χ0) is 29.8. The van der Waals surface area contributed by atoms with Crippen molar-refractivity contribution in [2.45, 2.75) is 69.1 Å². The Morgan fingerprint density at radius 3 is 2.39 bits per heavy atom. The number of urea groups is 1. The van der Waals surface area contributed by atoms with Crippen LogP contribution in [-0.2, 0) is 0 Å². The molecule has 3 fully saturated rings. The predicted molar refractivity (Wildman–Crippen MR) is 152 cm³/mol. The standard InChI is InChI=1S/C28H40F3N9O/c1-25(2,29)15-38(6)36-23(39-16-26(3,17-39)37(4)5)19-7-8-20(32-13-19)22-21(14-33-35-22)34-24(41)40-18-28(30,31)12-11-27(40)9-10-27/h7-8,13-14H,9-12,15-18H2,1-6H3,(H,33,35)(H,34,41)/b36-23+. The summed E-state index contributed by atoms with van der Waals surface area (Å²) in [5.41, 5.74) is 0.228. The number of hydrazone groups is 1. The Morgan fingerprint density at radius 2 is 1.80 bits per heavy atom. The van der Waals surface area contributed by atoms with Crippen molar-refractivity contribution in [3.63, 3.8) is 0 Å². The lowest BCUT2D eigenvalue weighted by Gasteiger charge is -2.53. The number of rotatable bonds is 7. The number of anilines is 1. The average molecular weight is 576 g/mol. The maximum absolute atomic E-state index is 14.3. The number of H-pyrrole nitrogens is 1. The second kappa shape index (κ2) is 10.2. The number of hydrogen-bond donors (Lipinski definition) is 2. The van der Waals surface area contributed by atoms with Crippen molar-refractivity contribution in [1.82, 2.24) is 34.9 Å². The second-order valence-corrected chi connectivity index (χ2v) is 12.9. The fourth-order valence-electron chi connectivity index (χ4n) is 5.67. The van der Waals surface area contributed by atoms with Crippen LogP contribution in [0.3, 0.4) is 0 Å². The Balaban J connectivity index is 1.35. The summed E-state index contributed by atoms with van der Waals surface area (Å²) in [5, 5.41) is 16.1. The zero-order valence-corrected chi connectivity index (χ0v) is 24.6. The second-order valence-electron chi connectivity index (χ2n) is 12.9. The summed E-state index contributed by atoms with van der Waals surface area (Å²) in [6, 6.07) is 3.10. The van der Waals surface area contributed by atoms with Gasteiger partial charge in [-0.05, 0) is 66.3 Å². The van der Waals surface area contributed by atoms with Gasteiger partial charge in [0.1, 0.15) is 11.4 Å².